The van der Waals surface area contributed by atoms with Crippen LogP contribution in [0.5, 0.6) is 0 Å². The number of carbonyl (C=O) groups excluding carboxylic acids is 1. The molecular weight excluding hydrogens is 388 g/mol. The van der Waals surface area contributed by atoms with Gasteiger partial charge in [-0.25, -0.2) is 0 Å². The van der Waals surface area contributed by atoms with E-state index in [0.717, 1.165) is 55.8 Å². The van der Waals surface area contributed by atoms with Gasteiger partial charge >= 0.3 is 0 Å². The van der Waals surface area contributed by atoms with E-state index in [0.29, 0.717) is 19.6 Å². The van der Waals surface area contributed by atoms with Gasteiger partial charge in [-0.05, 0) is 29.6 Å². The molecule has 152 valence electrons. The second kappa shape index (κ2) is 6.52. The molecule has 0 radical (unpaired) electrons. The molecule has 2 aromatic heterocycles. The van der Waals surface area contributed by atoms with E-state index < -0.39 is 0 Å². The Labute approximate surface area is 177 Å². The van der Waals surface area contributed by atoms with E-state index >= 15 is 0 Å². The van der Waals surface area contributed by atoms with Crippen molar-refractivity contribution < 1.29 is 4.79 Å². The Kier molecular flexibility index (Phi) is 3.76. The highest BCUT2D eigenvalue weighted by Gasteiger charge is 2.31. The Bertz CT molecular complexity index is 1600. The second-order valence-corrected chi connectivity index (χ2v) is 8.04. The first-order valence-corrected chi connectivity index (χ1v) is 10.4. The minimum absolute atomic E-state index is 0.00758. The van der Waals surface area contributed by atoms with E-state index in [1.54, 1.807) is 0 Å². The molecule has 0 atom stereocenters. The molecule has 0 aliphatic carbocycles. The van der Waals surface area contributed by atoms with Crippen LogP contribution >= 0.6 is 0 Å². The topological polar surface area (TPSA) is 87.7 Å². The average Bonchev–Trinajstić information content (AvgIpc) is 3.42. The SMILES string of the molecule is Cn1c2ccccc2c2c3c(c4c5ccccc5n(CCCN=[N+]=[N-])c4c21)C(=O)NC3. The van der Waals surface area contributed by atoms with Crippen LogP contribution in [0.15, 0.2) is 53.6 Å². The normalized spacial score (nSPS) is 13.3. The number of fused-ring (bicyclic) bond motifs is 10. The molecule has 1 aliphatic rings. The summed E-state index contributed by atoms with van der Waals surface area (Å²) in [6.07, 6.45) is 0.729. The monoisotopic (exact) mass is 408 g/mol. The van der Waals surface area contributed by atoms with Gasteiger partial charge in [-0.2, -0.15) is 0 Å². The molecule has 31 heavy (non-hydrogen) atoms. The van der Waals surface area contributed by atoms with Crippen LogP contribution in [0, 0.1) is 0 Å². The smallest absolute Gasteiger partial charge is 0.252 e. The van der Waals surface area contributed by atoms with Crippen molar-refractivity contribution in [2.75, 3.05) is 6.54 Å². The molecular formula is C24H20N6O. The standard InChI is InChI=1S/C24H20N6O/c1-29-17-9-4-2-7-14(17)19-16-13-26-24(31)21(16)20-15-8-3-5-10-18(15)30(23(20)22(19)29)12-6-11-27-28-25/h2-5,7-10H,6,11-13H2,1H3,(H,26,31). The number of benzene rings is 3. The van der Waals surface area contributed by atoms with Crippen molar-refractivity contribution in [1.82, 2.24) is 14.5 Å². The predicted octanol–water partition coefficient (Wildman–Crippen LogP) is 5.38. The Morgan fingerprint density at radius 2 is 1.74 bits per heavy atom. The van der Waals surface area contributed by atoms with Gasteiger partial charge in [0.25, 0.3) is 5.91 Å². The van der Waals surface area contributed by atoms with Crippen LogP contribution in [-0.2, 0) is 20.1 Å². The van der Waals surface area contributed by atoms with Crippen molar-refractivity contribution in [1.29, 1.82) is 0 Å². The van der Waals surface area contributed by atoms with Gasteiger partial charge in [0, 0.05) is 64.2 Å². The van der Waals surface area contributed by atoms with Gasteiger partial charge in [0.15, 0.2) is 0 Å². The quantitative estimate of drug-likeness (QED) is 0.184. The van der Waals surface area contributed by atoms with Gasteiger partial charge < -0.3 is 14.5 Å². The van der Waals surface area contributed by atoms with Crippen molar-refractivity contribution in [2.24, 2.45) is 12.2 Å². The molecule has 0 bridgehead atoms. The fourth-order valence-corrected chi connectivity index (χ4v) is 5.32. The van der Waals surface area contributed by atoms with Gasteiger partial charge in [-0.3, -0.25) is 4.79 Å². The van der Waals surface area contributed by atoms with Crippen LogP contribution in [0.3, 0.4) is 0 Å². The van der Waals surface area contributed by atoms with Crippen LogP contribution < -0.4 is 5.32 Å². The molecule has 0 saturated heterocycles. The third-order valence-corrected chi connectivity index (χ3v) is 6.51. The summed E-state index contributed by atoms with van der Waals surface area (Å²) < 4.78 is 4.55. The first-order valence-electron chi connectivity index (χ1n) is 10.4. The maximum Gasteiger partial charge on any atom is 0.252 e. The van der Waals surface area contributed by atoms with E-state index in [4.69, 9.17) is 5.53 Å². The largest absolute Gasteiger partial charge is 0.348 e. The molecule has 5 aromatic rings. The first-order chi connectivity index (χ1) is 15.2. The van der Waals surface area contributed by atoms with Crippen molar-refractivity contribution in [3.8, 4) is 0 Å². The lowest BCUT2D eigenvalue weighted by molar-refractivity contribution is 0.0967. The summed E-state index contributed by atoms with van der Waals surface area (Å²) in [4.78, 5) is 15.9. The molecule has 0 spiro atoms. The van der Waals surface area contributed by atoms with Crippen molar-refractivity contribution >= 4 is 49.5 Å². The van der Waals surface area contributed by atoms with Crippen LogP contribution in [0.1, 0.15) is 22.3 Å². The minimum Gasteiger partial charge on any atom is -0.348 e. The average molecular weight is 408 g/mol. The van der Waals surface area contributed by atoms with Crippen molar-refractivity contribution in [3.63, 3.8) is 0 Å². The lowest BCUT2D eigenvalue weighted by Gasteiger charge is -2.11. The molecule has 0 unspecified atom stereocenters. The van der Waals surface area contributed by atoms with E-state index in [1.165, 1.54) is 5.39 Å². The number of nitrogens with zero attached hydrogens (tertiary/aromatic N) is 5. The number of rotatable bonds is 4. The minimum atomic E-state index is -0.00758. The van der Waals surface area contributed by atoms with Gasteiger partial charge in [-0.15, -0.1) is 0 Å². The molecule has 1 aliphatic heterocycles. The zero-order valence-corrected chi connectivity index (χ0v) is 17.1. The summed E-state index contributed by atoms with van der Waals surface area (Å²) in [6, 6.07) is 16.6. The Hall–Kier alpha value is -3.96. The summed E-state index contributed by atoms with van der Waals surface area (Å²) in [5, 5.41) is 11.2. The molecule has 1 amide bonds. The number of hydrogen-bond acceptors (Lipinski definition) is 2. The summed E-state index contributed by atoms with van der Waals surface area (Å²) in [7, 11) is 2.10. The molecule has 0 saturated carbocycles. The summed E-state index contributed by atoms with van der Waals surface area (Å²) >= 11 is 0. The fraction of sp³-hybridized carbons (Fsp3) is 0.208. The zero-order valence-electron chi connectivity index (χ0n) is 17.1. The molecule has 7 nitrogen and oxygen atoms in total. The molecule has 7 heteroatoms. The highest BCUT2D eigenvalue weighted by atomic mass is 16.1. The van der Waals surface area contributed by atoms with Crippen LogP contribution in [0.25, 0.3) is 54.1 Å². The molecule has 3 heterocycles. The van der Waals surface area contributed by atoms with Crippen LogP contribution in [0.2, 0.25) is 0 Å². The number of nitrogens with one attached hydrogen (secondary N) is 1. The number of aryl methyl sites for hydroxylation is 2. The van der Waals surface area contributed by atoms with Crippen molar-refractivity contribution in [3.05, 3.63) is 70.1 Å². The molecule has 6 rings (SSSR count). The molecule has 1 N–H and O–H groups in total. The summed E-state index contributed by atoms with van der Waals surface area (Å²) in [5.41, 5.74) is 15.0. The van der Waals surface area contributed by atoms with Crippen molar-refractivity contribution in [2.45, 2.75) is 19.5 Å². The number of amides is 1. The van der Waals surface area contributed by atoms with Gasteiger partial charge in [0.2, 0.25) is 0 Å². The van der Waals surface area contributed by atoms with Crippen LogP contribution in [-0.4, -0.2) is 21.6 Å². The number of para-hydroxylation sites is 2. The fourth-order valence-electron chi connectivity index (χ4n) is 5.32. The Morgan fingerprint density at radius 3 is 2.52 bits per heavy atom. The van der Waals surface area contributed by atoms with E-state index in [9.17, 15) is 4.79 Å². The first kappa shape index (κ1) is 17.9. The number of azide groups is 1. The third kappa shape index (κ3) is 2.29. The summed E-state index contributed by atoms with van der Waals surface area (Å²) in [5.74, 6) is -0.00758. The lowest BCUT2D eigenvalue weighted by Crippen LogP contribution is -2.12. The zero-order chi connectivity index (χ0) is 21.1. The lowest BCUT2D eigenvalue weighted by atomic mass is 9.97. The maximum atomic E-state index is 13.0. The molecule has 3 aromatic carbocycles. The Morgan fingerprint density at radius 1 is 1.03 bits per heavy atom. The predicted molar refractivity (Wildman–Crippen MR) is 123 cm³/mol. The highest BCUT2D eigenvalue weighted by molar-refractivity contribution is 6.30. The van der Waals surface area contributed by atoms with E-state index in [-0.39, 0.29) is 5.91 Å². The number of aromatic nitrogens is 2. The van der Waals surface area contributed by atoms with Gasteiger partial charge in [0.05, 0.1) is 16.6 Å². The van der Waals surface area contributed by atoms with Crippen LogP contribution in [0.4, 0.5) is 0 Å². The maximum absolute atomic E-state index is 13.0. The summed E-state index contributed by atoms with van der Waals surface area (Å²) in [6.45, 7) is 1.69. The van der Waals surface area contributed by atoms with Gasteiger partial charge in [0.1, 0.15) is 0 Å². The van der Waals surface area contributed by atoms with Gasteiger partial charge in [-0.1, -0.05) is 41.5 Å². The third-order valence-electron chi connectivity index (χ3n) is 6.51. The second-order valence-electron chi connectivity index (χ2n) is 8.04. The molecule has 0 fully saturated rings. The van der Waals surface area contributed by atoms with E-state index in [1.807, 2.05) is 12.1 Å². The highest BCUT2D eigenvalue weighted by Crippen LogP contribution is 2.44. The Balaban J connectivity index is 1.86. The number of carbonyl (C=O) groups is 1. The number of hydrogen-bond donors (Lipinski definition) is 1. The van der Waals surface area contributed by atoms with E-state index in [2.05, 4.69) is 67.9 Å².